The highest BCUT2D eigenvalue weighted by Gasteiger charge is 2.10. The number of hydrogen-bond donors (Lipinski definition) is 2. The minimum atomic E-state index is -3.18. The number of aryl methyl sites for hydroxylation is 1. The molecule has 0 saturated heterocycles. The van der Waals surface area contributed by atoms with E-state index in [4.69, 9.17) is 0 Å². The Hall–Kier alpha value is -0.430. The first-order valence-corrected chi connectivity index (χ1v) is 8.22. The highest BCUT2D eigenvalue weighted by atomic mass is 32.2. The van der Waals surface area contributed by atoms with Crippen molar-refractivity contribution in [1.29, 1.82) is 0 Å². The van der Waals surface area contributed by atoms with Crippen LogP contribution >= 0.6 is 11.3 Å². The minimum absolute atomic E-state index is 0.119. The largest absolute Gasteiger partial charge is 0.313 e. The van der Waals surface area contributed by atoms with Crippen LogP contribution in [0.5, 0.6) is 0 Å². The van der Waals surface area contributed by atoms with Crippen molar-refractivity contribution < 1.29 is 8.42 Å². The zero-order valence-electron chi connectivity index (χ0n) is 10.5. The summed E-state index contributed by atoms with van der Waals surface area (Å²) in [6.45, 7) is 6.85. The van der Waals surface area contributed by atoms with Crippen molar-refractivity contribution in [3.63, 3.8) is 0 Å². The van der Waals surface area contributed by atoms with Crippen LogP contribution in [0.15, 0.2) is 10.8 Å². The molecule has 17 heavy (non-hydrogen) atoms. The quantitative estimate of drug-likeness (QED) is 0.793. The second kappa shape index (κ2) is 6.49. The Balaban J connectivity index is 2.37. The van der Waals surface area contributed by atoms with E-state index in [0.29, 0.717) is 19.1 Å². The molecular formula is C11H20N2O2S2. The molecule has 1 heterocycles. The highest BCUT2D eigenvalue weighted by molar-refractivity contribution is 7.89. The number of hydrogen-bond acceptors (Lipinski definition) is 4. The SMILES string of the molecule is Cc1cscc1CNS(=O)(=O)CCNC(C)C. The van der Waals surface area contributed by atoms with Gasteiger partial charge in [-0.05, 0) is 28.8 Å². The van der Waals surface area contributed by atoms with Crippen LogP contribution in [-0.2, 0) is 16.6 Å². The Labute approximate surface area is 107 Å². The van der Waals surface area contributed by atoms with Gasteiger partial charge in [0.15, 0.2) is 0 Å². The molecule has 0 amide bonds. The molecule has 0 aromatic carbocycles. The Morgan fingerprint density at radius 3 is 2.59 bits per heavy atom. The molecule has 0 fully saturated rings. The van der Waals surface area contributed by atoms with Crippen molar-refractivity contribution >= 4 is 21.4 Å². The van der Waals surface area contributed by atoms with E-state index in [1.54, 1.807) is 11.3 Å². The molecule has 0 aliphatic rings. The van der Waals surface area contributed by atoms with Crippen LogP contribution < -0.4 is 10.0 Å². The standard InChI is InChI=1S/C11H20N2O2S2/c1-9(2)12-4-5-17(14,15)13-6-11-8-16-7-10(11)3/h7-9,12-13H,4-6H2,1-3H3. The zero-order chi connectivity index (χ0) is 12.9. The predicted octanol–water partition coefficient (Wildman–Crippen LogP) is 1.47. The number of nitrogens with one attached hydrogen (secondary N) is 2. The monoisotopic (exact) mass is 276 g/mol. The second-order valence-corrected chi connectivity index (χ2v) is 7.00. The summed E-state index contributed by atoms with van der Waals surface area (Å²) in [7, 11) is -3.18. The topological polar surface area (TPSA) is 58.2 Å². The summed E-state index contributed by atoms with van der Waals surface area (Å²) in [5.74, 6) is 0.119. The van der Waals surface area contributed by atoms with Gasteiger partial charge in [0, 0.05) is 19.1 Å². The fourth-order valence-corrected chi connectivity index (χ4v) is 3.07. The third kappa shape index (κ3) is 5.63. The average molecular weight is 276 g/mol. The Bertz CT molecular complexity index is 438. The molecule has 0 bridgehead atoms. The van der Waals surface area contributed by atoms with E-state index >= 15 is 0 Å². The van der Waals surface area contributed by atoms with Crippen molar-refractivity contribution in [3.8, 4) is 0 Å². The van der Waals surface area contributed by atoms with Crippen LogP contribution in [0, 0.1) is 6.92 Å². The maximum Gasteiger partial charge on any atom is 0.213 e. The van der Waals surface area contributed by atoms with Crippen LogP contribution in [0.2, 0.25) is 0 Å². The first-order valence-electron chi connectivity index (χ1n) is 5.63. The summed E-state index contributed by atoms with van der Waals surface area (Å²) in [5, 5.41) is 7.08. The lowest BCUT2D eigenvalue weighted by atomic mass is 10.2. The van der Waals surface area contributed by atoms with Crippen molar-refractivity contribution in [2.45, 2.75) is 33.4 Å². The van der Waals surface area contributed by atoms with E-state index in [0.717, 1.165) is 11.1 Å². The van der Waals surface area contributed by atoms with Crippen molar-refractivity contribution in [2.75, 3.05) is 12.3 Å². The summed E-state index contributed by atoms with van der Waals surface area (Å²) in [5.41, 5.74) is 2.19. The highest BCUT2D eigenvalue weighted by Crippen LogP contribution is 2.13. The third-order valence-corrected chi connectivity index (χ3v) is 4.60. The summed E-state index contributed by atoms with van der Waals surface area (Å²) in [6, 6.07) is 0.310. The Morgan fingerprint density at radius 2 is 2.06 bits per heavy atom. The van der Waals surface area contributed by atoms with Gasteiger partial charge in [0.1, 0.15) is 0 Å². The molecule has 6 heteroatoms. The molecule has 0 aliphatic carbocycles. The molecule has 1 aromatic heterocycles. The van der Waals surface area contributed by atoms with Gasteiger partial charge in [-0.25, -0.2) is 13.1 Å². The number of thiophene rings is 1. The van der Waals surface area contributed by atoms with Crippen molar-refractivity contribution in [2.24, 2.45) is 0 Å². The Kier molecular flexibility index (Phi) is 5.58. The van der Waals surface area contributed by atoms with Gasteiger partial charge in [-0.15, -0.1) is 0 Å². The van der Waals surface area contributed by atoms with Gasteiger partial charge in [-0.1, -0.05) is 13.8 Å². The van der Waals surface area contributed by atoms with E-state index in [1.165, 1.54) is 0 Å². The maximum atomic E-state index is 11.7. The van der Waals surface area contributed by atoms with Gasteiger partial charge in [0.05, 0.1) is 5.75 Å². The molecule has 0 radical (unpaired) electrons. The second-order valence-electron chi connectivity index (χ2n) is 4.33. The van der Waals surface area contributed by atoms with E-state index in [-0.39, 0.29) is 5.75 Å². The van der Waals surface area contributed by atoms with E-state index in [9.17, 15) is 8.42 Å². The van der Waals surface area contributed by atoms with Gasteiger partial charge in [-0.3, -0.25) is 0 Å². The van der Waals surface area contributed by atoms with Gasteiger partial charge < -0.3 is 5.32 Å². The van der Waals surface area contributed by atoms with Crippen molar-refractivity contribution in [1.82, 2.24) is 10.0 Å². The fourth-order valence-electron chi connectivity index (χ4n) is 1.31. The van der Waals surface area contributed by atoms with Crippen LogP contribution in [-0.4, -0.2) is 26.8 Å². The van der Waals surface area contributed by atoms with E-state index in [2.05, 4.69) is 10.0 Å². The van der Waals surface area contributed by atoms with Gasteiger partial charge in [0.2, 0.25) is 10.0 Å². The zero-order valence-corrected chi connectivity index (χ0v) is 12.1. The van der Waals surface area contributed by atoms with E-state index < -0.39 is 10.0 Å². The smallest absolute Gasteiger partial charge is 0.213 e. The molecule has 0 aliphatic heterocycles. The molecular weight excluding hydrogens is 256 g/mol. The minimum Gasteiger partial charge on any atom is -0.313 e. The molecule has 4 nitrogen and oxygen atoms in total. The summed E-state index contributed by atoms with van der Waals surface area (Å²) in [6.07, 6.45) is 0. The number of sulfonamides is 1. The van der Waals surface area contributed by atoms with Crippen LogP contribution in [0.1, 0.15) is 25.0 Å². The predicted molar refractivity (Wildman–Crippen MR) is 72.8 cm³/mol. The molecule has 2 N–H and O–H groups in total. The summed E-state index contributed by atoms with van der Waals surface area (Å²) < 4.78 is 26.0. The Morgan fingerprint density at radius 1 is 1.35 bits per heavy atom. The molecule has 0 atom stereocenters. The van der Waals surface area contributed by atoms with Gasteiger partial charge in [0.25, 0.3) is 0 Å². The molecule has 0 spiro atoms. The van der Waals surface area contributed by atoms with Crippen LogP contribution in [0.3, 0.4) is 0 Å². The van der Waals surface area contributed by atoms with Crippen LogP contribution in [0.25, 0.3) is 0 Å². The first-order chi connectivity index (χ1) is 7.91. The fraction of sp³-hybridized carbons (Fsp3) is 0.636. The third-order valence-electron chi connectivity index (χ3n) is 2.37. The van der Waals surface area contributed by atoms with Crippen molar-refractivity contribution in [3.05, 3.63) is 21.9 Å². The molecule has 0 unspecified atom stereocenters. The molecule has 1 rings (SSSR count). The van der Waals surface area contributed by atoms with Gasteiger partial charge in [-0.2, -0.15) is 11.3 Å². The lowest BCUT2D eigenvalue weighted by Crippen LogP contribution is -2.34. The molecule has 98 valence electrons. The summed E-state index contributed by atoms with van der Waals surface area (Å²) >= 11 is 1.59. The summed E-state index contributed by atoms with van der Waals surface area (Å²) in [4.78, 5) is 0. The number of rotatable bonds is 7. The molecule has 1 aromatic rings. The maximum absolute atomic E-state index is 11.7. The van der Waals surface area contributed by atoms with Crippen LogP contribution in [0.4, 0.5) is 0 Å². The lowest BCUT2D eigenvalue weighted by Gasteiger charge is -2.09. The lowest BCUT2D eigenvalue weighted by molar-refractivity contribution is 0.566. The molecule has 0 saturated carbocycles. The normalized spacial score (nSPS) is 12.2. The van der Waals surface area contributed by atoms with Gasteiger partial charge >= 0.3 is 0 Å². The van der Waals surface area contributed by atoms with E-state index in [1.807, 2.05) is 31.5 Å². The average Bonchev–Trinajstić information content (AvgIpc) is 2.60. The first kappa shape index (κ1) is 14.6.